The van der Waals surface area contributed by atoms with E-state index < -0.39 is 25.5 Å². The van der Waals surface area contributed by atoms with Gasteiger partial charge in [-0.25, -0.2) is 0 Å². The lowest BCUT2D eigenvalue weighted by Crippen LogP contribution is -2.41. The molecule has 0 unspecified atom stereocenters. The standard InChI is InChI=1S/C24H37BClO3P/c1-23(2)24(3,4)29-25(28-23)18-15-16-21(26)22(17-18)30(27,19-11-7-5-8-12-19)20-13-9-6-10-14-20/h15-17,19-20H,5-14H2,1-4H3. The third kappa shape index (κ3) is 4.07. The van der Waals surface area contributed by atoms with Crippen LogP contribution in [-0.2, 0) is 13.9 Å². The highest BCUT2D eigenvalue weighted by Gasteiger charge is 2.52. The van der Waals surface area contributed by atoms with Crippen LogP contribution in [0.25, 0.3) is 0 Å². The van der Waals surface area contributed by atoms with Crippen LogP contribution in [0.4, 0.5) is 0 Å². The molecule has 0 aromatic heterocycles. The average molecular weight is 451 g/mol. The molecule has 3 nitrogen and oxygen atoms in total. The van der Waals surface area contributed by atoms with Gasteiger partial charge < -0.3 is 13.9 Å². The first kappa shape index (κ1) is 22.9. The fraction of sp³-hybridized carbons (Fsp3) is 0.750. The van der Waals surface area contributed by atoms with E-state index >= 15 is 4.57 Å². The van der Waals surface area contributed by atoms with Gasteiger partial charge in [0.15, 0.2) is 0 Å². The molecule has 0 atom stereocenters. The Kier molecular flexibility index (Phi) is 6.55. The summed E-state index contributed by atoms with van der Waals surface area (Å²) in [7, 11) is -3.08. The van der Waals surface area contributed by atoms with Gasteiger partial charge in [-0.2, -0.15) is 0 Å². The van der Waals surface area contributed by atoms with E-state index in [1.165, 1.54) is 38.5 Å². The van der Waals surface area contributed by atoms with Crippen LogP contribution < -0.4 is 10.8 Å². The predicted molar refractivity (Wildman–Crippen MR) is 128 cm³/mol. The highest BCUT2D eigenvalue weighted by molar-refractivity contribution is 7.73. The van der Waals surface area contributed by atoms with Crippen LogP contribution in [-0.4, -0.2) is 29.6 Å². The van der Waals surface area contributed by atoms with Gasteiger partial charge in [0, 0.05) is 16.6 Å². The molecule has 0 radical (unpaired) electrons. The molecule has 3 fully saturated rings. The molecule has 1 aliphatic heterocycles. The summed E-state index contributed by atoms with van der Waals surface area (Å²) in [5, 5.41) is 1.56. The Bertz CT molecular complexity index is 775. The maximum absolute atomic E-state index is 15.0. The largest absolute Gasteiger partial charge is 0.494 e. The smallest absolute Gasteiger partial charge is 0.399 e. The summed E-state index contributed by atoms with van der Waals surface area (Å²) in [4.78, 5) is 0. The second-order valence-electron chi connectivity index (χ2n) is 10.6. The number of halogens is 1. The molecule has 1 saturated heterocycles. The second-order valence-corrected chi connectivity index (χ2v) is 14.4. The van der Waals surface area contributed by atoms with E-state index in [2.05, 4.69) is 33.8 Å². The zero-order valence-electron chi connectivity index (χ0n) is 19.1. The summed E-state index contributed by atoms with van der Waals surface area (Å²) < 4.78 is 27.6. The molecule has 30 heavy (non-hydrogen) atoms. The summed E-state index contributed by atoms with van der Waals surface area (Å²) in [6.45, 7) is 8.27. The van der Waals surface area contributed by atoms with Crippen LogP contribution in [0.2, 0.25) is 5.02 Å². The molecule has 1 aromatic rings. The maximum Gasteiger partial charge on any atom is 0.494 e. The van der Waals surface area contributed by atoms with E-state index in [0.29, 0.717) is 5.02 Å². The third-order valence-corrected chi connectivity index (χ3v) is 12.9. The van der Waals surface area contributed by atoms with Crippen LogP contribution in [0.1, 0.15) is 91.9 Å². The van der Waals surface area contributed by atoms with Crippen molar-refractivity contribution in [3.8, 4) is 0 Å². The van der Waals surface area contributed by atoms with Crippen molar-refractivity contribution in [1.82, 2.24) is 0 Å². The van der Waals surface area contributed by atoms with Crippen LogP contribution >= 0.6 is 18.7 Å². The van der Waals surface area contributed by atoms with Crippen LogP contribution in [0, 0.1) is 0 Å². The Morgan fingerprint density at radius 1 is 0.867 bits per heavy atom. The van der Waals surface area contributed by atoms with Gasteiger partial charge >= 0.3 is 7.12 Å². The molecule has 1 aromatic carbocycles. The van der Waals surface area contributed by atoms with E-state index in [0.717, 1.165) is 36.5 Å². The minimum Gasteiger partial charge on any atom is -0.399 e. The van der Waals surface area contributed by atoms with Crippen molar-refractivity contribution in [2.45, 2.75) is 114 Å². The lowest BCUT2D eigenvalue weighted by Gasteiger charge is -2.39. The molecule has 2 saturated carbocycles. The van der Waals surface area contributed by atoms with Gasteiger partial charge in [0.1, 0.15) is 7.14 Å². The molecular weight excluding hydrogens is 414 g/mol. The highest BCUT2D eigenvalue weighted by Crippen LogP contribution is 2.62. The molecule has 6 heteroatoms. The Balaban J connectivity index is 1.74. The fourth-order valence-corrected chi connectivity index (χ4v) is 10.5. The number of hydrogen-bond acceptors (Lipinski definition) is 3. The molecule has 2 aliphatic carbocycles. The molecule has 0 N–H and O–H groups in total. The zero-order valence-corrected chi connectivity index (χ0v) is 20.7. The van der Waals surface area contributed by atoms with Crippen molar-refractivity contribution >= 4 is 36.6 Å². The van der Waals surface area contributed by atoms with Crippen LogP contribution in [0.15, 0.2) is 18.2 Å². The summed E-state index contributed by atoms with van der Waals surface area (Å²) >= 11 is 6.78. The van der Waals surface area contributed by atoms with Gasteiger partial charge in [-0.3, -0.25) is 0 Å². The second kappa shape index (κ2) is 8.58. The third-order valence-electron chi connectivity index (χ3n) is 8.11. The molecule has 0 bridgehead atoms. The Hall–Kier alpha value is -0.275. The summed E-state index contributed by atoms with van der Waals surface area (Å²) in [5.74, 6) is 0. The van der Waals surface area contributed by atoms with E-state index in [9.17, 15) is 0 Å². The molecule has 4 rings (SSSR count). The Labute approximate surface area is 188 Å². The Morgan fingerprint density at radius 3 is 1.80 bits per heavy atom. The number of hydrogen-bond donors (Lipinski definition) is 0. The minimum absolute atomic E-state index is 0.278. The van der Waals surface area contributed by atoms with Crippen molar-refractivity contribution < 1.29 is 13.9 Å². The minimum atomic E-state index is -2.63. The van der Waals surface area contributed by atoms with E-state index in [1.807, 2.05) is 12.1 Å². The van der Waals surface area contributed by atoms with E-state index in [-0.39, 0.29) is 11.3 Å². The lowest BCUT2D eigenvalue weighted by molar-refractivity contribution is 0.00578. The first-order valence-electron chi connectivity index (χ1n) is 11.9. The first-order chi connectivity index (χ1) is 14.1. The van der Waals surface area contributed by atoms with Gasteiger partial charge in [0.2, 0.25) is 0 Å². The monoisotopic (exact) mass is 450 g/mol. The topological polar surface area (TPSA) is 35.5 Å². The molecule has 0 amide bonds. The van der Waals surface area contributed by atoms with E-state index in [4.69, 9.17) is 20.9 Å². The SMILES string of the molecule is CC1(C)OB(c2ccc(Cl)c(P(=O)(C3CCCCC3)C3CCCCC3)c2)OC1(C)C. The quantitative estimate of drug-likeness (QED) is 0.399. The van der Waals surface area contributed by atoms with E-state index in [1.54, 1.807) is 0 Å². The number of benzene rings is 1. The molecule has 1 heterocycles. The summed E-state index contributed by atoms with van der Waals surface area (Å²) in [6.07, 6.45) is 11.6. The molecule has 166 valence electrons. The number of rotatable bonds is 4. The lowest BCUT2D eigenvalue weighted by atomic mass is 9.79. The van der Waals surface area contributed by atoms with Crippen LogP contribution in [0.3, 0.4) is 0 Å². The van der Waals surface area contributed by atoms with Crippen molar-refractivity contribution in [3.63, 3.8) is 0 Å². The summed E-state index contributed by atoms with van der Waals surface area (Å²) in [5.41, 5.74) is 0.711. The average Bonchev–Trinajstić information content (AvgIpc) is 2.96. The van der Waals surface area contributed by atoms with Gasteiger partial charge in [-0.1, -0.05) is 62.3 Å². The van der Waals surface area contributed by atoms with Gasteiger partial charge in [-0.15, -0.1) is 0 Å². The normalized spacial score (nSPS) is 25.6. The van der Waals surface area contributed by atoms with Gasteiger partial charge in [0.05, 0.1) is 16.2 Å². The molecule has 3 aliphatic rings. The Morgan fingerprint density at radius 2 is 1.33 bits per heavy atom. The fourth-order valence-electron chi connectivity index (χ4n) is 5.54. The molecule has 0 spiro atoms. The van der Waals surface area contributed by atoms with Crippen molar-refractivity contribution in [2.24, 2.45) is 0 Å². The van der Waals surface area contributed by atoms with Crippen molar-refractivity contribution in [2.75, 3.05) is 0 Å². The van der Waals surface area contributed by atoms with Crippen LogP contribution in [0.5, 0.6) is 0 Å². The van der Waals surface area contributed by atoms with Crippen molar-refractivity contribution in [3.05, 3.63) is 23.2 Å². The molecular formula is C24H37BClO3P. The van der Waals surface area contributed by atoms with Gasteiger partial charge in [0.25, 0.3) is 0 Å². The highest BCUT2D eigenvalue weighted by atomic mass is 35.5. The zero-order chi connectivity index (χ0) is 21.6. The van der Waals surface area contributed by atoms with Gasteiger partial charge in [-0.05, 0) is 64.9 Å². The van der Waals surface area contributed by atoms with Crippen molar-refractivity contribution in [1.29, 1.82) is 0 Å². The maximum atomic E-state index is 15.0. The first-order valence-corrected chi connectivity index (χ1v) is 14.1. The summed E-state index contributed by atoms with van der Waals surface area (Å²) in [6, 6.07) is 5.99. The predicted octanol–water partition coefficient (Wildman–Crippen LogP) is 6.29.